The van der Waals surface area contributed by atoms with E-state index in [1.54, 1.807) is 0 Å². The normalized spacial score (nSPS) is 13.6. The van der Waals surface area contributed by atoms with Crippen molar-refractivity contribution < 1.29 is 42.9 Å². The average Bonchev–Trinajstić information content (AvgIpc) is 3.39. The predicted molar refractivity (Wildman–Crippen MR) is 320 cm³/mol. The lowest BCUT2D eigenvalue weighted by Gasteiger charge is -2.26. The fourth-order valence-electron chi connectivity index (χ4n) is 7.82. The lowest BCUT2D eigenvalue weighted by molar-refractivity contribution is -0.870. The molecule has 9 nitrogen and oxygen atoms in total. The highest BCUT2D eigenvalue weighted by Gasteiger charge is 2.22. The summed E-state index contributed by atoms with van der Waals surface area (Å²) in [5.41, 5.74) is 0. The topological polar surface area (TPSA) is 111 Å². The van der Waals surface area contributed by atoms with Crippen molar-refractivity contribution in [2.45, 2.75) is 238 Å². The zero-order chi connectivity index (χ0) is 55.5. The Bertz CT molecular complexity index is 1660. The van der Waals surface area contributed by atoms with Gasteiger partial charge in [0.05, 0.1) is 40.3 Å². The van der Waals surface area contributed by atoms with E-state index in [1.165, 1.54) is 70.6 Å². The van der Waals surface area contributed by atoms with Crippen LogP contribution in [0.3, 0.4) is 0 Å². The number of carbonyl (C=O) groups is 3. The van der Waals surface area contributed by atoms with Crippen LogP contribution in [-0.4, -0.2) is 82.3 Å². The number of esters is 2. The number of rotatable bonds is 54. The third-order valence-electron chi connectivity index (χ3n) is 12.4. The molecular formula is C67H111NO8. The fraction of sp³-hybridized carbons (Fsp3) is 0.657. The monoisotopic (exact) mass is 1060 g/mol. The van der Waals surface area contributed by atoms with Crippen LogP contribution in [-0.2, 0) is 33.3 Å². The van der Waals surface area contributed by atoms with Gasteiger partial charge >= 0.3 is 11.9 Å². The van der Waals surface area contributed by atoms with Crippen molar-refractivity contribution in [3.05, 3.63) is 122 Å². The second-order valence-corrected chi connectivity index (χ2v) is 20.9. The van der Waals surface area contributed by atoms with Crippen molar-refractivity contribution in [2.75, 3.05) is 47.5 Å². The highest BCUT2D eigenvalue weighted by Crippen LogP contribution is 2.14. The molecular weight excluding hydrogens is 947 g/mol. The van der Waals surface area contributed by atoms with Crippen LogP contribution in [0.15, 0.2) is 122 Å². The standard InChI is InChI=1S/C67H111NO8/c1-6-8-10-12-14-16-18-20-22-23-24-25-26-27-28-29-30-31-32-33-34-35-36-37-38-39-40-41-42-43-44-46-48-50-52-54-56-58-65(70)76-63(62-75-67(66(71)72)73-60-59-68(3,4)5)61-74-64(69)57-55-53-51-49-47-45-21-19-17-15-13-11-9-7-2/h8,10,14,16,19-22,24-25,27-28,30-31,33-34,36-37,39-40,63,67H,6-7,9,11-13,15,17-18,23,26,29,32,35,38,41-62H2,1-5H3/b10-8-,16-14-,21-19-,22-20-,25-24-,28-27-,31-30-,34-33-,37-36-,40-39-. The first kappa shape index (κ1) is 71.7. The number of carbonyl (C=O) groups excluding carboxylic acids is 3. The first-order chi connectivity index (χ1) is 37.1. The second-order valence-electron chi connectivity index (χ2n) is 20.9. The van der Waals surface area contributed by atoms with Gasteiger partial charge in [-0.15, -0.1) is 0 Å². The zero-order valence-corrected chi connectivity index (χ0v) is 49.1. The van der Waals surface area contributed by atoms with Crippen LogP contribution in [0.2, 0.25) is 0 Å². The van der Waals surface area contributed by atoms with E-state index in [0.29, 0.717) is 17.4 Å². The highest BCUT2D eigenvalue weighted by molar-refractivity contribution is 5.70. The van der Waals surface area contributed by atoms with Gasteiger partial charge in [-0.3, -0.25) is 9.59 Å². The van der Waals surface area contributed by atoms with Gasteiger partial charge in [0.15, 0.2) is 12.4 Å². The first-order valence-corrected chi connectivity index (χ1v) is 30.2. The van der Waals surface area contributed by atoms with Gasteiger partial charge in [0.1, 0.15) is 13.2 Å². The van der Waals surface area contributed by atoms with E-state index in [9.17, 15) is 19.5 Å². The lowest BCUT2D eigenvalue weighted by atomic mass is 10.1. The summed E-state index contributed by atoms with van der Waals surface area (Å²) in [5, 5.41) is 11.8. The van der Waals surface area contributed by atoms with Crippen LogP contribution in [0.4, 0.5) is 0 Å². The molecule has 76 heavy (non-hydrogen) atoms. The van der Waals surface area contributed by atoms with Gasteiger partial charge in [0, 0.05) is 12.8 Å². The SMILES string of the molecule is CC/C=C\C/C=C\C/C=C\C/C=C\C/C=C\C/C=C\C/C=C\C/C=C\C/C=C\CCCCCCCCCCCC(=O)OC(COC(=O)CCCCCCC/C=C\CCCCCCC)COC(OCC[N+](C)(C)C)C(=O)[O-]. The summed E-state index contributed by atoms with van der Waals surface area (Å²) in [6, 6.07) is 0. The molecule has 0 heterocycles. The molecule has 0 saturated heterocycles. The van der Waals surface area contributed by atoms with E-state index in [2.05, 4.69) is 135 Å². The average molecular weight is 1060 g/mol. The number of quaternary nitrogens is 1. The Morgan fingerprint density at radius 3 is 1.13 bits per heavy atom. The molecule has 0 radical (unpaired) electrons. The summed E-state index contributed by atoms with van der Waals surface area (Å²) in [7, 11) is 5.91. The van der Waals surface area contributed by atoms with Gasteiger partial charge in [-0.25, -0.2) is 0 Å². The van der Waals surface area contributed by atoms with Crippen molar-refractivity contribution in [1.29, 1.82) is 0 Å². The highest BCUT2D eigenvalue weighted by atomic mass is 16.7. The number of hydrogen-bond donors (Lipinski definition) is 0. The van der Waals surface area contributed by atoms with E-state index in [1.807, 2.05) is 21.1 Å². The molecule has 0 saturated carbocycles. The summed E-state index contributed by atoms with van der Waals surface area (Å²) in [6.45, 7) is 4.59. The molecule has 2 atom stereocenters. The van der Waals surface area contributed by atoms with Crippen LogP contribution < -0.4 is 5.11 Å². The Balaban J connectivity index is 4.19. The number of likely N-dealkylation sites (N-methyl/N-ethyl adjacent to an activating group) is 1. The molecule has 0 aromatic carbocycles. The number of aliphatic carboxylic acids is 1. The molecule has 9 heteroatoms. The lowest BCUT2D eigenvalue weighted by Crippen LogP contribution is -2.44. The number of carboxylic acid groups (broad SMARTS) is 1. The molecule has 0 bridgehead atoms. The van der Waals surface area contributed by atoms with E-state index >= 15 is 0 Å². The van der Waals surface area contributed by atoms with Crippen molar-refractivity contribution in [1.82, 2.24) is 0 Å². The maximum Gasteiger partial charge on any atom is 0.306 e. The van der Waals surface area contributed by atoms with E-state index in [0.717, 1.165) is 122 Å². The van der Waals surface area contributed by atoms with Crippen molar-refractivity contribution in [2.24, 2.45) is 0 Å². The van der Waals surface area contributed by atoms with Crippen LogP contribution in [0.5, 0.6) is 0 Å². The number of carboxylic acids is 1. The summed E-state index contributed by atoms with van der Waals surface area (Å²) in [5.74, 6) is -2.31. The summed E-state index contributed by atoms with van der Waals surface area (Å²) >= 11 is 0. The largest absolute Gasteiger partial charge is 0.545 e. The van der Waals surface area contributed by atoms with Crippen molar-refractivity contribution in [3.8, 4) is 0 Å². The molecule has 0 fully saturated rings. The molecule has 0 amide bonds. The Morgan fingerprint density at radius 1 is 0.408 bits per heavy atom. The molecule has 0 aliphatic heterocycles. The maximum atomic E-state index is 12.9. The van der Waals surface area contributed by atoms with E-state index < -0.39 is 24.3 Å². The third-order valence-corrected chi connectivity index (χ3v) is 12.4. The minimum Gasteiger partial charge on any atom is -0.545 e. The molecule has 0 aliphatic rings. The molecule has 0 N–H and O–H groups in total. The molecule has 432 valence electrons. The van der Waals surface area contributed by atoms with Crippen molar-refractivity contribution >= 4 is 17.9 Å². The number of allylic oxidation sites excluding steroid dienone is 20. The van der Waals surface area contributed by atoms with E-state index in [4.69, 9.17) is 18.9 Å². The Labute approximate surface area is 466 Å². The summed E-state index contributed by atoms with van der Waals surface area (Å²) in [6.07, 6.45) is 76.8. The molecule has 0 aromatic heterocycles. The number of ether oxygens (including phenoxy) is 4. The van der Waals surface area contributed by atoms with Gasteiger partial charge in [0.2, 0.25) is 0 Å². The Kier molecular flexibility index (Phi) is 53.7. The maximum absolute atomic E-state index is 12.9. The van der Waals surface area contributed by atoms with Crippen LogP contribution in [0.25, 0.3) is 0 Å². The molecule has 0 rings (SSSR count). The third kappa shape index (κ3) is 57.4. The molecule has 0 aliphatic carbocycles. The predicted octanol–water partition coefficient (Wildman–Crippen LogP) is 16.7. The van der Waals surface area contributed by atoms with E-state index in [-0.39, 0.29) is 38.6 Å². The van der Waals surface area contributed by atoms with Gasteiger partial charge in [-0.2, -0.15) is 0 Å². The van der Waals surface area contributed by atoms with Gasteiger partial charge in [-0.05, 0) is 109 Å². The quantitative estimate of drug-likeness (QED) is 0.0195. The minimum absolute atomic E-state index is 0.140. The Hall–Kier alpha value is -4.31. The van der Waals surface area contributed by atoms with Gasteiger partial charge < -0.3 is 33.3 Å². The van der Waals surface area contributed by atoms with Crippen LogP contribution in [0.1, 0.15) is 226 Å². The smallest absolute Gasteiger partial charge is 0.306 e. The number of hydrogen-bond acceptors (Lipinski definition) is 8. The first-order valence-electron chi connectivity index (χ1n) is 30.2. The number of nitrogens with zero attached hydrogens (tertiary/aromatic N) is 1. The molecule has 0 spiro atoms. The second kappa shape index (κ2) is 56.9. The van der Waals surface area contributed by atoms with Gasteiger partial charge in [-0.1, -0.05) is 225 Å². The van der Waals surface area contributed by atoms with Crippen LogP contribution in [0, 0.1) is 0 Å². The number of unbranched alkanes of at least 4 members (excludes halogenated alkanes) is 19. The minimum atomic E-state index is -1.63. The van der Waals surface area contributed by atoms with Crippen LogP contribution >= 0.6 is 0 Å². The zero-order valence-electron chi connectivity index (χ0n) is 49.1. The van der Waals surface area contributed by atoms with Crippen molar-refractivity contribution in [3.63, 3.8) is 0 Å². The fourth-order valence-corrected chi connectivity index (χ4v) is 7.82. The Morgan fingerprint density at radius 2 is 0.750 bits per heavy atom. The summed E-state index contributed by atoms with van der Waals surface area (Å²) < 4.78 is 22.7. The molecule has 2 unspecified atom stereocenters. The molecule has 0 aromatic rings. The van der Waals surface area contributed by atoms with Gasteiger partial charge in [0.25, 0.3) is 0 Å². The summed E-state index contributed by atoms with van der Waals surface area (Å²) in [4.78, 5) is 37.2.